The van der Waals surface area contributed by atoms with Crippen molar-refractivity contribution in [2.45, 2.75) is 13.0 Å². The molecule has 1 amide bonds. The smallest absolute Gasteiger partial charge is 0.270 e. The number of nitro groups is 1. The van der Waals surface area contributed by atoms with Gasteiger partial charge in [0, 0.05) is 44.0 Å². The first kappa shape index (κ1) is 19.6. The molecule has 2 aromatic carbocycles. The van der Waals surface area contributed by atoms with Gasteiger partial charge in [-0.25, -0.2) is 4.39 Å². The Morgan fingerprint density at radius 2 is 2.11 bits per heavy atom. The van der Waals surface area contributed by atoms with Gasteiger partial charge in [-0.1, -0.05) is 0 Å². The minimum atomic E-state index is -0.547. The molecule has 0 unspecified atom stereocenters. The Hall–Kier alpha value is -3.20. The predicted molar refractivity (Wildman–Crippen MR) is 100 cm³/mol. The lowest BCUT2D eigenvalue weighted by Crippen LogP contribution is -2.28. The summed E-state index contributed by atoms with van der Waals surface area (Å²) >= 11 is 0. The summed E-state index contributed by atoms with van der Waals surface area (Å²) in [6, 6.07) is 6.86. The van der Waals surface area contributed by atoms with Crippen LogP contribution in [0.5, 0.6) is 5.75 Å². The molecule has 0 spiro atoms. The number of anilines is 1. The maximum Gasteiger partial charge on any atom is 0.270 e. The van der Waals surface area contributed by atoms with Crippen molar-refractivity contribution in [1.29, 1.82) is 0 Å². The molecule has 2 aromatic rings. The second-order valence-corrected chi connectivity index (χ2v) is 6.52. The highest BCUT2D eigenvalue weighted by Crippen LogP contribution is 2.30. The van der Waals surface area contributed by atoms with Gasteiger partial charge in [-0.2, -0.15) is 0 Å². The number of halogens is 1. The normalized spacial score (nSPS) is 12.7. The molecule has 1 N–H and O–H groups in total. The van der Waals surface area contributed by atoms with Crippen molar-refractivity contribution in [3.63, 3.8) is 0 Å². The van der Waals surface area contributed by atoms with E-state index in [9.17, 15) is 19.3 Å². The van der Waals surface area contributed by atoms with Crippen molar-refractivity contribution in [2.24, 2.45) is 0 Å². The molecule has 3 rings (SSSR count). The van der Waals surface area contributed by atoms with Crippen LogP contribution in [0.2, 0.25) is 0 Å². The lowest BCUT2D eigenvalue weighted by Gasteiger charge is -2.21. The molecule has 8 nitrogen and oxygen atoms in total. The van der Waals surface area contributed by atoms with E-state index in [4.69, 9.17) is 9.47 Å². The van der Waals surface area contributed by atoms with Crippen LogP contribution in [0.25, 0.3) is 0 Å². The van der Waals surface area contributed by atoms with Crippen molar-refractivity contribution in [2.75, 3.05) is 32.3 Å². The van der Waals surface area contributed by atoms with Gasteiger partial charge in [-0.15, -0.1) is 0 Å². The molecule has 0 radical (unpaired) electrons. The number of fused-ring (bicyclic) bond motifs is 1. The van der Waals surface area contributed by atoms with Gasteiger partial charge in [0.05, 0.1) is 17.1 Å². The molecule has 0 aromatic heterocycles. The van der Waals surface area contributed by atoms with E-state index in [2.05, 4.69) is 5.32 Å². The van der Waals surface area contributed by atoms with Gasteiger partial charge in [-0.05, 0) is 30.2 Å². The van der Waals surface area contributed by atoms with E-state index < -0.39 is 16.6 Å². The summed E-state index contributed by atoms with van der Waals surface area (Å²) < 4.78 is 24.4. The quantitative estimate of drug-likeness (QED) is 0.603. The Kier molecular flexibility index (Phi) is 5.74. The zero-order chi connectivity index (χ0) is 20.3. The van der Waals surface area contributed by atoms with Gasteiger partial charge in [-0.3, -0.25) is 14.9 Å². The van der Waals surface area contributed by atoms with Gasteiger partial charge < -0.3 is 19.7 Å². The monoisotopic (exact) mass is 389 g/mol. The van der Waals surface area contributed by atoms with Crippen LogP contribution in [0.15, 0.2) is 30.3 Å². The van der Waals surface area contributed by atoms with Crippen LogP contribution < -0.4 is 15.0 Å². The number of benzene rings is 2. The minimum absolute atomic E-state index is 0.0951. The maximum absolute atomic E-state index is 13.8. The summed E-state index contributed by atoms with van der Waals surface area (Å²) in [6.07, 6.45) is 0.345. The lowest BCUT2D eigenvalue weighted by atomic mass is 10.0. The van der Waals surface area contributed by atoms with Crippen LogP contribution in [0, 0.1) is 15.9 Å². The standard InChI is InChI=1S/C19H20FN3O5/c1-22(2)17-4-3-15(23(25)26)9-16(17)19(24)21-6-5-12-7-14(20)8-13-10-27-11-28-18(12)13/h3-4,7-9H,5-6,10-11H2,1-2H3,(H,21,24). The molecule has 1 aliphatic heterocycles. The number of carbonyl (C=O) groups excluding carboxylic acids is 1. The molecule has 0 atom stereocenters. The molecule has 0 aliphatic carbocycles. The van der Waals surface area contributed by atoms with E-state index >= 15 is 0 Å². The second kappa shape index (κ2) is 8.22. The average molecular weight is 389 g/mol. The van der Waals surface area contributed by atoms with E-state index in [-0.39, 0.29) is 31.2 Å². The fourth-order valence-corrected chi connectivity index (χ4v) is 3.06. The number of amides is 1. The molecule has 0 saturated carbocycles. The van der Waals surface area contributed by atoms with Gasteiger partial charge in [0.2, 0.25) is 0 Å². The highest BCUT2D eigenvalue weighted by molar-refractivity contribution is 6.00. The topological polar surface area (TPSA) is 93.9 Å². The van der Waals surface area contributed by atoms with Crippen molar-refractivity contribution < 1.29 is 23.6 Å². The Morgan fingerprint density at radius 1 is 1.32 bits per heavy atom. The summed E-state index contributed by atoms with van der Waals surface area (Å²) in [4.78, 5) is 24.8. The summed E-state index contributed by atoms with van der Waals surface area (Å²) in [6.45, 7) is 0.582. The van der Waals surface area contributed by atoms with Crippen LogP contribution in [0.4, 0.5) is 15.8 Å². The number of nitrogens with one attached hydrogen (secondary N) is 1. The number of nitrogens with zero attached hydrogens (tertiary/aromatic N) is 2. The van der Waals surface area contributed by atoms with E-state index in [0.717, 1.165) is 0 Å². The summed E-state index contributed by atoms with van der Waals surface area (Å²) in [5.41, 5.74) is 1.85. The number of carbonyl (C=O) groups is 1. The molecule has 0 saturated heterocycles. The van der Waals surface area contributed by atoms with Crippen molar-refractivity contribution >= 4 is 17.3 Å². The first-order valence-corrected chi connectivity index (χ1v) is 8.62. The van der Waals surface area contributed by atoms with Gasteiger partial charge >= 0.3 is 0 Å². The molecule has 1 heterocycles. The molecule has 1 aliphatic rings. The second-order valence-electron chi connectivity index (χ2n) is 6.52. The van der Waals surface area contributed by atoms with Crippen LogP contribution in [0.1, 0.15) is 21.5 Å². The molecule has 0 bridgehead atoms. The number of nitro benzene ring substituents is 1. The number of non-ortho nitro benzene ring substituents is 1. The fourth-order valence-electron chi connectivity index (χ4n) is 3.06. The third-order valence-electron chi connectivity index (χ3n) is 4.35. The molecule has 28 heavy (non-hydrogen) atoms. The van der Waals surface area contributed by atoms with Crippen LogP contribution in [-0.4, -0.2) is 38.3 Å². The maximum atomic E-state index is 13.8. The van der Waals surface area contributed by atoms with Crippen LogP contribution in [0.3, 0.4) is 0 Å². The third-order valence-corrected chi connectivity index (χ3v) is 4.35. The van der Waals surface area contributed by atoms with E-state index in [1.807, 2.05) is 0 Å². The van der Waals surface area contributed by atoms with Crippen LogP contribution >= 0.6 is 0 Å². The van der Waals surface area contributed by atoms with E-state index in [1.54, 1.807) is 19.0 Å². The van der Waals surface area contributed by atoms with Crippen molar-refractivity contribution in [1.82, 2.24) is 5.32 Å². The fraction of sp³-hybridized carbons (Fsp3) is 0.316. The summed E-state index contributed by atoms with van der Waals surface area (Å²) in [5.74, 6) is -0.268. The largest absolute Gasteiger partial charge is 0.467 e. The third kappa shape index (κ3) is 4.20. The Balaban J connectivity index is 1.74. The van der Waals surface area contributed by atoms with Crippen molar-refractivity contribution in [3.05, 3.63) is 63.0 Å². The number of hydrogen-bond acceptors (Lipinski definition) is 6. The first-order chi connectivity index (χ1) is 13.4. The number of rotatable bonds is 6. The highest BCUT2D eigenvalue weighted by Gasteiger charge is 2.19. The SMILES string of the molecule is CN(C)c1ccc([N+](=O)[O-])cc1C(=O)NCCc1cc(F)cc2c1OCOC2. The van der Waals surface area contributed by atoms with E-state index in [0.29, 0.717) is 29.0 Å². The highest BCUT2D eigenvalue weighted by atomic mass is 19.1. The zero-order valence-corrected chi connectivity index (χ0v) is 15.5. The van der Waals surface area contributed by atoms with Gasteiger partial charge in [0.25, 0.3) is 11.6 Å². The van der Waals surface area contributed by atoms with E-state index in [1.165, 1.54) is 30.3 Å². The molecule has 0 fully saturated rings. The minimum Gasteiger partial charge on any atom is -0.467 e. The Bertz CT molecular complexity index is 917. The van der Waals surface area contributed by atoms with Crippen molar-refractivity contribution in [3.8, 4) is 5.75 Å². The Labute approximate surface area is 161 Å². The zero-order valence-electron chi connectivity index (χ0n) is 15.5. The summed E-state index contributed by atoms with van der Waals surface area (Å²) in [5, 5.41) is 13.8. The average Bonchev–Trinajstić information content (AvgIpc) is 2.67. The Morgan fingerprint density at radius 3 is 2.82 bits per heavy atom. The molecular formula is C19H20FN3O5. The lowest BCUT2D eigenvalue weighted by molar-refractivity contribution is -0.384. The summed E-state index contributed by atoms with van der Waals surface area (Å²) in [7, 11) is 3.49. The molecule has 9 heteroatoms. The first-order valence-electron chi connectivity index (χ1n) is 8.62. The van der Waals surface area contributed by atoms with Crippen LogP contribution in [-0.2, 0) is 17.8 Å². The molecular weight excluding hydrogens is 369 g/mol. The van der Waals surface area contributed by atoms with Gasteiger partial charge in [0.15, 0.2) is 6.79 Å². The van der Waals surface area contributed by atoms with Gasteiger partial charge in [0.1, 0.15) is 11.6 Å². The number of hydrogen-bond donors (Lipinski definition) is 1. The number of ether oxygens (including phenoxy) is 2. The molecule has 148 valence electrons. The predicted octanol–water partition coefficient (Wildman–Crippen LogP) is 2.64.